The fourth-order valence-corrected chi connectivity index (χ4v) is 9.11. The number of hydrogen-bond acceptors (Lipinski definition) is 12. The number of nitrogens with zero attached hydrogens (tertiary/aromatic N) is 8. The molecule has 1 aliphatic rings. The van der Waals surface area contributed by atoms with Crippen LogP contribution in [0.4, 0.5) is 5.95 Å². The van der Waals surface area contributed by atoms with Crippen molar-refractivity contribution in [2.24, 2.45) is 12.0 Å². The van der Waals surface area contributed by atoms with Gasteiger partial charge >= 0.3 is 0 Å². The largest absolute Gasteiger partial charge is 0.497 e. The Kier molecular flexibility index (Phi) is 14.7. The van der Waals surface area contributed by atoms with E-state index in [4.69, 9.17) is 33.0 Å². The summed E-state index contributed by atoms with van der Waals surface area (Å²) in [5.74, 6) is 1.64. The second-order valence-corrected chi connectivity index (χ2v) is 16.6. The minimum absolute atomic E-state index is 0.0685. The Labute approximate surface area is 353 Å². The maximum atomic E-state index is 13.5. The van der Waals surface area contributed by atoms with Crippen LogP contribution >= 0.6 is 8.53 Å². The molecule has 0 radical (unpaired) electrons. The molecule has 5 aromatic rings. The number of hydrogen-bond donors (Lipinski definition) is 0. The molecule has 60 heavy (non-hydrogen) atoms. The molecule has 1 saturated heterocycles. The van der Waals surface area contributed by atoms with Crippen molar-refractivity contribution in [3.8, 4) is 17.6 Å². The number of ether oxygens (including phenoxy) is 4. The van der Waals surface area contributed by atoms with Crippen LogP contribution in [0.25, 0.3) is 11.2 Å². The van der Waals surface area contributed by atoms with Crippen LogP contribution in [-0.2, 0) is 31.2 Å². The molecule has 0 amide bonds. The van der Waals surface area contributed by atoms with Gasteiger partial charge in [0.15, 0.2) is 11.2 Å². The van der Waals surface area contributed by atoms with Crippen LogP contribution in [0.3, 0.4) is 0 Å². The summed E-state index contributed by atoms with van der Waals surface area (Å²) in [6.45, 7) is 8.66. The van der Waals surface area contributed by atoms with Gasteiger partial charge in [0.25, 0.3) is 14.1 Å². The van der Waals surface area contributed by atoms with Crippen molar-refractivity contribution in [1.29, 1.82) is 5.26 Å². The van der Waals surface area contributed by atoms with E-state index < -0.39 is 32.6 Å². The van der Waals surface area contributed by atoms with Crippen molar-refractivity contribution in [2.75, 3.05) is 41.5 Å². The molecule has 4 atom stereocenters. The zero-order valence-electron chi connectivity index (χ0n) is 35.8. The molecule has 0 saturated carbocycles. The zero-order valence-corrected chi connectivity index (χ0v) is 36.7. The number of rotatable bonds is 19. The van der Waals surface area contributed by atoms with Gasteiger partial charge < -0.3 is 32.9 Å². The summed E-state index contributed by atoms with van der Waals surface area (Å²) < 4.78 is 44.2. The second-order valence-electron chi connectivity index (χ2n) is 15.2. The first-order chi connectivity index (χ1) is 28.9. The second kappa shape index (κ2) is 19.9. The molecule has 3 heterocycles. The molecule has 0 aliphatic carbocycles. The van der Waals surface area contributed by atoms with Crippen molar-refractivity contribution >= 4 is 32.0 Å². The predicted molar refractivity (Wildman–Crippen MR) is 231 cm³/mol. The normalized spacial score (nSPS) is 17.6. The van der Waals surface area contributed by atoms with Gasteiger partial charge in [-0.05, 0) is 68.7 Å². The molecule has 0 spiro atoms. The van der Waals surface area contributed by atoms with Gasteiger partial charge in [0.2, 0.25) is 5.95 Å². The summed E-state index contributed by atoms with van der Waals surface area (Å²) in [6.07, 6.45) is 1.84. The van der Waals surface area contributed by atoms with E-state index in [0.29, 0.717) is 23.6 Å². The van der Waals surface area contributed by atoms with Gasteiger partial charge in [-0.1, -0.05) is 54.6 Å². The van der Waals surface area contributed by atoms with Gasteiger partial charge in [0.1, 0.15) is 29.4 Å². The lowest BCUT2D eigenvalue weighted by molar-refractivity contribution is -0.0912. The van der Waals surface area contributed by atoms with E-state index in [9.17, 15) is 10.1 Å². The molecule has 3 aromatic carbocycles. The fraction of sp³-hybridized carbons (Fsp3) is 0.432. The van der Waals surface area contributed by atoms with E-state index in [1.165, 1.54) is 4.57 Å². The molecule has 0 N–H and O–H groups in total. The number of nitriles is 1. The first kappa shape index (κ1) is 44.4. The van der Waals surface area contributed by atoms with Gasteiger partial charge in [-0.25, -0.2) is 14.6 Å². The number of benzene rings is 3. The topological polar surface area (TPSA) is 151 Å². The molecule has 2 aromatic heterocycles. The highest BCUT2D eigenvalue weighted by Gasteiger charge is 2.45. The summed E-state index contributed by atoms with van der Waals surface area (Å²) in [7, 11) is 6.91. The van der Waals surface area contributed by atoms with Gasteiger partial charge in [-0.3, -0.25) is 13.9 Å². The summed E-state index contributed by atoms with van der Waals surface area (Å²) in [4.78, 5) is 29.0. The lowest BCUT2D eigenvalue weighted by Crippen LogP contribution is -2.39. The minimum atomic E-state index is -1.67. The third-order valence-electron chi connectivity index (χ3n) is 10.2. The highest BCUT2D eigenvalue weighted by molar-refractivity contribution is 7.44. The Morgan fingerprint density at radius 3 is 2.12 bits per heavy atom. The van der Waals surface area contributed by atoms with Crippen LogP contribution in [0.1, 0.15) is 63.5 Å². The Balaban J connectivity index is 1.46. The molecule has 1 unspecified atom stereocenters. The van der Waals surface area contributed by atoms with Gasteiger partial charge in [0, 0.05) is 39.6 Å². The molecular formula is C44H55N8O7P. The summed E-state index contributed by atoms with van der Waals surface area (Å²) in [6, 6.07) is 28.1. The van der Waals surface area contributed by atoms with Crippen LogP contribution in [0.5, 0.6) is 11.5 Å². The Morgan fingerprint density at radius 1 is 0.967 bits per heavy atom. The van der Waals surface area contributed by atoms with Gasteiger partial charge in [-0.15, -0.1) is 0 Å². The van der Waals surface area contributed by atoms with Crippen LogP contribution < -0.4 is 15.0 Å². The standard InChI is InChI=1S/C44H55N8O7P/c1-30(2)52(31(3)4)60(57-25-13-24-45)59-37-26-39(51-29-46-40-41(51)48-43(47-28-49(5)6)50(7)42(40)53)58-38(37)27-56-44(32-14-11-10-12-15-32,33-16-20-35(54-8)21-17-33)34-18-22-36(55-9)23-19-34/h10-12,14-23,28-31,37-39H,13,25-27H2,1-9H3/t37-,38+,39+,60?/m0/s1. The fourth-order valence-electron chi connectivity index (χ4n) is 7.35. The van der Waals surface area contributed by atoms with Gasteiger partial charge in [-0.2, -0.15) is 10.2 Å². The zero-order chi connectivity index (χ0) is 43.0. The average Bonchev–Trinajstić information content (AvgIpc) is 3.86. The molecule has 1 fully saturated rings. The van der Waals surface area contributed by atoms with E-state index in [-0.39, 0.29) is 48.7 Å². The lowest BCUT2D eigenvalue weighted by Gasteiger charge is -2.39. The van der Waals surface area contributed by atoms with Crippen molar-refractivity contribution in [1.82, 2.24) is 28.7 Å². The van der Waals surface area contributed by atoms with E-state index in [0.717, 1.165) is 16.7 Å². The predicted octanol–water partition coefficient (Wildman–Crippen LogP) is 7.33. The highest BCUT2D eigenvalue weighted by Crippen LogP contribution is 2.51. The Hall–Kier alpha value is -5.20. The first-order valence-corrected chi connectivity index (χ1v) is 21.1. The third kappa shape index (κ3) is 9.55. The van der Waals surface area contributed by atoms with Crippen molar-refractivity contribution < 1.29 is 28.0 Å². The van der Waals surface area contributed by atoms with E-state index >= 15 is 0 Å². The third-order valence-corrected chi connectivity index (χ3v) is 12.4. The van der Waals surface area contributed by atoms with Crippen LogP contribution in [-0.4, -0.2) is 101 Å². The van der Waals surface area contributed by atoms with Crippen LogP contribution in [0.15, 0.2) is 95.0 Å². The number of methoxy groups -OCH3 is 2. The number of aromatic nitrogens is 4. The minimum Gasteiger partial charge on any atom is -0.497 e. The maximum absolute atomic E-state index is 13.5. The monoisotopic (exact) mass is 838 g/mol. The van der Waals surface area contributed by atoms with E-state index in [1.54, 1.807) is 43.4 Å². The molecule has 15 nitrogen and oxygen atoms in total. The van der Waals surface area contributed by atoms with E-state index in [1.807, 2.05) is 93.0 Å². The summed E-state index contributed by atoms with van der Waals surface area (Å²) >= 11 is 0. The van der Waals surface area contributed by atoms with Crippen LogP contribution in [0.2, 0.25) is 0 Å². The smallest absolute Gasteiger partial charge is 0.282 e. The molecular weight excluding hydrogens is 784 g/mol. The Bertz CT molecular complexity index is 2240. The number of fused-ring (bicyclic) bond motifs is 1. The number of imidazole rings is 1. The molecule has 318 valence electrons. The van der Waals surface area contributed by atoms with Crippen LogP contribution in [0, 0.1) is 11.3 Å². The highest BCUT2D eigenvalue weighted by atomic mass is 31.2. The van der Waals surface area contributed by atoms with Gasteiger partial charge in [0.05, 0.1) is 58.7 Å². The van der Waals surface area contributed by atoms with Crippen molar-refractivity contribution in [2.45, 2.75) is 76.7 Å². The average molecular weight is 839 g/mol. The first-order valence-electron chi connectivity index (χ1n) is 19.9. The molecule has 6 rings (SSSR count). The van der Waals surface area contributed by atoms with Crippen molar-refractivity contribution in [3.05, 3.63) is 112 Å². The summed E-state index contributed by atoms with van der Waals surface area (Å²) in [5.41, 5.74) is 1.70. The SMILES string of the molecule is COc1ccc(C(OC[C@H]2O[C@@H](n3cnc4c(=O)n(C)c(N=CN(C)C)nc43)C[C@@H]2OP(OCCC#N)N(C(C)C)C(C)C)(c2ccccc2)c2ccc(OC)cc2)cc1. The number of aliphatic imine (C=N–C) groups is 1. The van der Waals surface area contributed by atoms with Crippen molar-refractivity contribution in [3.63, 3.8) is 0 Å². The Morgan fingerprint density at radius 2 is 1.57 bits per heavy atom. The lowest BCUT2D eigenvalue weighted by atomic mass is 9.80. The molecule has 1 aliphatic heterocycles. The quantitative estimate of drug-likeness (QED) is 0.0269. The molecule has 16 heteroatoms. The molecule has 0 bridgehead atoms. The van der Waals surface area contributed by atoms with E-state index in [2.05, 4.69) is 48.4 Å². The maximum Gasteiger partial charge on any atom is 0.282 e. The summed E-state index contributed by atoms with van der Waals surface area (Å²) in [5, 5.41) is 9.42.